The van der Waals surface area contributed by atoms with Gasteiger partial charge in [-0.05, 0) is 0 Å². The summed E-state index contributed by atoms with van der Waals surface area (Å²) in [5.74, 6) is 0. The standard InChI is InChI=1S/C6H8N4O2/c11-6-9(1-2-12-6)5-10-4-7-3-8-10/h3-4H,1-2,5H2. The van der Waals surface area contributed by atoms with Crippen molar-refractivity contribution < 1.29 is 9.53 Å². The summed E-state index contributed by atoms with van der Waals surface area (Å²) in [6, 6.07) is 0. The number of carbonyl (C=O) groups is 1. The van der Waals surface area contributed by atoms with Crippen LogP contribution in [-0.4, -0.2) is 38.9 Å². The van der Waals surface area contributed by atoms with Crippen molar-refractivity contribution in [3.63, 3.8) is 0 Å². The molecule has 0 atom stereocenters. The Hall–Kier alpha value is -1.59. The topological polar surface area (TPSA) is 60.2 Å². The fraction of sp³-hybridized carbons (Fsp3) is 0.500. The Morgan fingerprint density at radius 1 is 1.67 bits per heavy atom. The lowest BCUT2D eigenvalue weighted by molar-refractivity contribution is 0.150. The van der Waals surface area contributed by atoms with Crippen molar-refractivity contribution in [3.8, 4) is 0 Å². The lowest BCUT2D eigenvalue weighted by Crippen LogP contribution is -2.27. The summed E-state index contributed by atoms with van der Waals surface area (Å²) < 4.78 is 6.32. The van der Waals surface area contributed by atoms with Crippen molar-refractivity contribution in [3.05, 3.63) is 12.7 Å². The molecule has 6 heteroatoms. The molecule has 1 amide bonds. The zero-order chi connectivity index (χ0) is 8.39. The minimum atomic E-state index is -0.287. The molecule has 0 aliphatic carbocycles. The molecule has 1 aliphatic heterocycles. The molecule has 0 saturated carbocycles. The van der Waals surface area contributed by atoms with Crippen LogP contribution >= 0.6 is 0 Å². The molecule has 0 bridgehead atoms. The summed E-state index contributed by atoms with van der Waals surface area (Å²) >= 11 is 0. The van der Waals surface area contributed by atoms with Crippen LogP contribution in [-0.2, 0) is 11.4 Å². The second-order valence-corrected chi connectivity index (χ2v) is 2.45. The van der Waals surface area contributed by atoms with Crippen LogP contribution < -0.4 is 0 Å². The second kappa shape index (κ2) is 2.80. The monoisotopic (exact) mass is 168 g/mol. The summed E-state index contributed by atoms with van der Waals surface area (Å²) in [5, 5.41) is 3.87. The van der Waals surface area contributed by atoms with Crippen LogP contribution in [0, 0.1) is 0 Å². The number of hydrogen-bond donors (Lipinski definition) is 0. The third-order valence-electron chi connectivity index (χ3n) is 1.63. The van der Waals surface area contributed by atoms with E-state index in [-0.39, 0.29) is 6.09 Å². The zero-order valence-electron chi connectivity index (χ0n) is 6.38. The average molecular weight is 168 g/mol. The fourth-order valence-corrected chi connectivity index (χ4v) is 1.03. The fourth-order valence-electron chi connectivity index (χ4n) is 1.03. The molecule has 1 saturated heterocycles. The first-order valence-corrected chi connectivity index (χ1v) is 3.60. The predicted molar refractivity (Wildman–Crippen MR) is 38.1 cm³/mol. The molecule has 0 N–H and O–H groups in total. The van der Waals surface area contributed by atoms with Crippen molar-refractivity contribution >= 4 is 6.09 Å². The lowest BCUT2D eigenvalue weighted by Gasteiger charge is -2.10. The first-order chi connectivity index (χ1) is 5.86. The van der Waals surface area contributed by atoms with Gasteiger partial charge in [-0.25, -0.2) is 14.5 Å². The van der Waals surface area contributed by atoms with Gasteiger partial charge >= 0.3 is 6.09 Å². The van der Waals surface area contributed by atoms with Crippen molar-refractivity contribution in [2.45, 2.75) is 6.67 Å². The molecule has 6 nitrogen and oxygen atoms in total. The van der Waals surface area contributed by atoms with Crippen LogP contribution in [0.5, 0.6) is 0 Å². The normalized spacial score (nSPS) is 16.7. The molecule has 1 fully saturated rings. The summed E-state index contributed by atoms with van der Waals surface area (Å²) in [6.07, 6.45) is 2.71. The Morgan fingerprint density at radius 2 is 2.58 bits per heavy atom. The maximum absolute atomic E-state index is 10.9. The zero-order valence-corrected chi connectivity index (χ0v) is 6.38. The van der Waals surface area contributed by atoms with Gasteiger partial charge in [-0.15, -0.1) is 0 Å². The summed E-state index contributed by atoms with van der Waals surface area (Å²) in [6.45, 7) is 1.51. The number of ether oxygens (including phenoxy) is 1. The van der Waals surface area contributed by atoms with Crippen molar-refractivity contribution in [1.82, 2.24) is 19.7 Å². The highest BCUT2D eigenvalue weighted by atomic mass is 16.6. The number of amides is 1. The quantitative estimate of drug-likeness (QED) is 0.607. The minimum absolute atomic E-state index is 0.287. The van der Waals surface area contributed by atoms with Gasteiger partial charge in [-0.1, -0.05) is 0 Å². The summed E-state index contributed by atoms with van der Waals surface area (Å²) in [5.41, 5.74) is 0. The molecule has 1 aliphatic rings. The van der Waals surface area contributed by atoms with E-state index in [4.69, 9.17) is 4.74 Å². The lowest BCUT2D eigenvalue weighted by atomic mass is 10.6. The van der Waals surface area contributed by atoms with Gasteiger partial charge in [0.15, 0.2) is 0 Å². The number of hydrogen-bond acceptors (Lipinski definition) is 4. The highest BCUT2D eigenvalue weighted by molar-refractivity contribution is 5.68. The molecule has 64 valence electrons. The molecule has 0 radical (unpaired) electrons. The number of cyclic esters (lactones) is 1. The highest BCUT2D eigenvalue weighted by Gasteiger charge is 2.21. The minimum Gasteiger partial charge on any atom is -0.447 e. The van der Waals surface area contributed by atoms with Crippen molar-refractivity contribution in [2.75, 3.05) is 13.2 Å². The number of rotatable bonds is 2. The third kappa shape index (κ3) is 1.23. The number of carbonyl (C=O) groups excluding carboxylic acids is 1. The molecule has 1 aromatic rings. The first-order valence-electron chi connectivity index (χ1n) is 3.60. The van der Waals surface area contributed by atoms with Gasteiger partial charge in [0.05, 0.1) is 6.54 Å². The maximum Gasteiger partial charge on any atom is 0.411 e. The number of aromatic nitrogens is 3. The molecule has 12 heavy (non-hydrogen) atoms. The van der Waals surface area contributed by atoms with Gasteiger partial charge in [0.2, 0.25) is 0 Å². The molecular weight excluding hydrogens is 160 g/mol. The Labute approximate surface area is 68.7 Å². The van der Waals surface area contributed by atoms with E-state index in [1.165, 1.54) is 6.33 Å². The molecule has 0 spiro atoms. The van der Waals surface area contributed by atoms with Crippen LogP contribution in [0.3, 0.4) is 0 Å². The first kappa shape index (κ1) is 7.08. The van der Waals surface area contributed by atoms with E-state index >= 15 is 0 Å². The van der Waals surface area contributed by atoms with E-state index in [0.29, 0.717) is 19.8 Å². The highest BCUT2D eigenvalue weighted by Crippen LogP contribution is 2.03. The van der Waals surface area contributed by atoms with Crippen LogP contribution in [0.25, 0.3) is 0 Å². The van der Waals surface area contributed by atoms with Crippen LogP contribution in [0.4, 0.5) is 4.79 Å². The Morgan fingerprint density at radius 3 is 3.17 bits per heavy atom. The molecular formula is C6H8N4O2. The maximum atomic E-state index is 10.9. The average Bonchev–Trinajstić information content (AvgIpc) is 2.65. The van der Waals surface area contributed by atoms with Crippen LogP contribution in [0.2, 0.25) is 0 Å². The van der Waals surface area contributed by atoms with Gasteiger partial charge < -0.3 is 4.74 Å². The third-order valence-corrected chi connectivity index (χ3v) is 1.63. The SMILES string of the molecule is O=C1OCCN1Cn1cncn1. The van der Waals surface area contributed by atoms with E-state index in [1.54, 1.807) is 15.9 Å². The van der Waals surface area contributed by atoms with Gasteiger partial charge in [0.1, 0.15) is 25.9 Å². The molecule has 0 aromatic carbocycles. The van der Waals surface area contributed by atoms with Crippen molar-refractivity contribution in [1.29, 1.82) is 0 Å². The molecule has 2 heterocycles. The Balaban J connectivity index is 1.99. The Kier molecular flexibility index (Phi) is 1.65. The van der Waals surface area contributed by atoms with Crippen LogP contribution in [0.15, 0.2) is 12.7 Å². The van der Waals surface area contributed by atoms with E-state index < -0.39 is 0 Å². The van der Waals surface area contributed by atoms with E-state index in [2.05, 4.69) is 10.1 Å². The number of nitrogens with zero attached hydrogens (tertiary/aromatic N) is 4. The molecule has 0 unspecified atom stereocenters. The molecule has 1 aromatic heterocycles. The summed E-state index contributed by atoms with van der Waals surface area (Å²) in [4.78, 5) is 16.3. The smallest absolute Gasteiger partial charge is 0.411 e. The van der Waals surface area contributed by atoms with Crippen molar-refractivity contribution in [2.24, 2.45) is 0 Å². The predicted octanol–water partition coefficient (Wildman–Crippen LogP) is -0.312. The van der Waals surface area contributed by atoms with E-state index in [0.717, 1.165) is 0 Å². The largest absolute Gasteiger partial charge is 0.447 e. The second-order valence-electron chi connectivity index (χ2n) is 2.45. The van der Waals surface area contributed by atoms with Gasteiger partial charge in [-0.2, -0.15) is 5.10 Å². The Bertz CT molecular complexity index is 271. The van der Waals surface area contributed by atoms with Crippen LogP contribution in [0.1, 0.15) is 0 Å². The van der Waals surface area contributed by atoms with E-state index in [1.807, 2.05) is 0 Å². The summed E-state index contributed by atoms with van der Waals surface area (Å²) in [7, 11) is 0. The van der Waals surface area contributed by atoms with E-state index in [9.17, 15) is 4.79 Å². The van der Waals surface area contributed by atoms with Gasteiger partial charge in [-0.3, -0.25) is 4.90 Å². The molecule has 2 rings (SSSR count). The van der Waals surface area contributed by atoms with Gasteiger partial charge in [0.25, 0.3) is 0 Å². The van der Waals surface area contributed by atoms with Gasteiger partial charge in [0, 0.05) is 0 Å².